The first-order valence-electron chi connectivity index (χ1n) is 4.95. The molecule has 0 aromatic heterocycles. The number of hydrogen-bond donors (Lipinski definition) is 1. The van der Waals surface area contributed by atoms with E-state index in [0.717, 1.165) is 25.7 Å². The fraction of sp³-hybridized carbons (Fsp3) is 0.900. The van der Waals surface area contributed by atoms with Crippen molar-refractivity contribution in [2.24, 2.45) is 0 Å². The van der Waals surface area contributed by atoms with E-state index in [2.05, 4.69) is 0 Å². The lowest BCUT2D eigenvalue weighted by Gasteiger charge is -2.29. The first-order chi connectivity index (χ1) is 6.18. The van der Waals surface area contributed by atoms with Gasteiger partial charge >= 0.3 is 5.97 Å². The van der Waals surface area contributed by atoms with Gasteiger partial charge in [-0.05, 0) is 12.8 Å². The molecule has 1 fully saturated rings. The van der Waals surface area contributed by atoms with Crippen LogP contribution in [0, 0.1) is 0 Å². The summed E-state index contributed by atoms with van der Waals surface area (Å²) in [6, 6.07) is 0. The Labute approximate surface area is 79.1 Å². The van der Waals surface area contributed by atoms with Gasteiger partial charge in [0.05, 0.1) is 12.0 Å². The molecular weight excluding hydrogens is 168 g/mol. The summed E-state index contributed by atoms with van der Waals surface area (Å²) >= 11 is 0. The minimum absolute atomic E-state index is 0.156. The minimum Gasteiger partial charge on any atom is -0.481 e. The number of methoxy groups -OCH3 is 1. The van der Waals surface area contributed by atoms with Gasteiger partial charge in [-0.15, -0.1) is 0 Å². The Bertz CT molecular complexity index is 169. The summed E-state index contributed by atoms with van der Waals surface area (Å²) in [4.78, 5) is 10.7. The standard InChI is InChI=1S/C10H18O3/c1-13-10(8-9(11)12)6-4-2-3-5-7-10/h2-8H2,1H3,(H,11,12). The maximum atomic E-state index is 10.7. The quantitative estimate of drug-likeness (QED) is 0.687. The second-order valence-electron chi connectivity index (χ2n) is 3.87. The predicted molar refractivity (Wildman–Crippen MR) is 49.7 cm³/mol. The van der Waals surface area contributed by atoms with Crippen molar-refractivity contribution in [1.82, 2.24) is 0 Å². The number of aliphatic carboxylic acids is 1. The Morgan fingerprint density at radius 3 is 2.23 bits per heavy atom. The van der Waals surface area contributed by atoms with E-state index < -0.39 is 5.97 Å². The van der Waals surface area contributed by atoms with Gasteiger partial charge in [0.25, 0.3) is 0 Å². The van der Waals surface area contributed by atoms with Crippen LogP contribution in [0.5, 0.6) is 0 Å². The molecule has 0 aromatic rings. The molecule has 0 radical (unpaired) electrons. The van der Waals surface area contributed by atoms with Crippen LogP contribution < -0.4 is 0 Å². The van der Waals surface area contributed by atoms with Gasteiger partial charge in [0, 0.05) is 7.11 Å². The summed E-state index contributed by atoms with van der Waals surface area (Å²) in [5, 5.41) is 8.77. The largest absolute Gasteiger partial charge is 0.481 e. The lowest BCUT2D eigenvalue weighted by molar-refractivity contribution is -0.144. The molecule has 3 heteroatoms. The number of rotatable bonds is 3. The Kier molecular flexibility index (Phi) is 3.72. The molecule has 0 bridgehead atoms. The fourth-order valence-corrected chi connectivity index (χ4v) is 2.10. The Morgan fingerprint density at radius 1 is 1.31 bits per heavy atom. The summed E-state index contributed by atoms with van der Waals surface area (Å²) in [5.74, 6) is -0.747. The molecular formula is C10H18O3. The molecule has 1 rings (SSSR count). The van der Waals surface area contributed by atoms with Crippen molar-refractivity contribution in [3.63, 3.8) is 0 Å². The molecule has 1 N–H and O–H groups in total. The van der Waals surface area contributed by atoms with E-state index in [-0.39, 0.29) is 12.0 Å². The summed E-state index contributed by atoms with van der Waals surface area (Å²) in [7, 11) is 1.63. The van der Waals surface area contributed by atoms with E-state index in [1.165, 1.54) is 12.8 Å². The van der Waals surface area contributed by atoms with E-state index in [4.69, 9.17) is 9.84 Å². The highest BCUT2D eigenvalue weighted by atomic mass is 16.5. The van der Waals surface area contributed by atoms with Crippen molar-refractivity contribution < 1.29 is 14.6 Å². The van der Waals surface area contributed by atoms with Crippen molar-refractivity contribution in [1.29, 1.82) is 0 Å². The second kappa shape index (κ2) is 4.61. The molecule has 0 heterocycles. The van der Waals surface area contributed by atoms with Gasteiger partial charge in [-0.1, -0.05) is 25.7 Å². The van der Waals surface area contributed by atoms with Crippen LogP contribution in [0.1, 0.15) is 44.9 Å². The SMILES string of the molecule is COC1(CC(=O)O)CCCCCC1. The number of carboxylic acid groups (broad SMARTS) is 1. The lowest BCUT2D eigenvalue weighted by atomic mass is 9.90. The van der Waals surface area contributed by atoms with E-state index in [1.807, 2.05) is 0 Å². The zero-order valence-electron chi connectivity index (χ0n) is 8.21. The smallest absolute Gasteiger partial charge is 0.306 e. The van der Waals surface area contributed by atoms with Crippen LogP contribution in [-0.4, -0.2) is 23.8 Å². The van der Waals surface area contributed by atoms with E-state index >= 15 is 0 Å². The Hall–Kier alpha value is -0.570. The molecule has 0 aliphatic heterocycles. The van der Waals surface area contributed by atoms with Gasteiger partial charge < -0.3 is 9.84 Å². The molecule has 1 aliphatic carbocycles. The van der Waals surface area contributed by atoms with Crippen molar-refractivity contribution in [3.05, 3.63) is 0 Å². The van der Waals surface area contributed by atoms with Gasteiger partial charge in [0.15, 0.2) is 0 Å². The molecule has 0 atom stereocenters. The Morgan fingerprint density at radius 2 is 1.85 bits per heavy atom. The molecule has 1 aliphatic rings. The van der Waals surface area contributed by atoms with Crippen LogP contribution in [0.25, 0.3) is 0 Å². The van der Waals surface area contributed by atoms with Crippen molar-refractivity contribution in [3.8, 4) is 0 Å². The summed E-state index contributed by atoms with van der Waals surface area (Å²) in [6.07, 6.45) is 6.58. The summed E-state index contributed by atoms with van der Waals surface area (Å²) in [5.41, 5.74) is -0.373. The van der Waals surface area contributed by atoms with Gasteiger partial charge in [0.2, 0.25) is 0 Å². The molecule has 0 unspecified atom stereocenters. The Balaban J connectivity index is 2.58. The van der Waals surface area contributed by atoms with E-state index in [9.17, 15) is 4.79 Å². The van der Waals surface area contributed by atoms with Gasteiger partial charge in [-0.3, -0.25) is 4.79 Å². The van der Waals surface area contributed by atoms with Gasteiger partial charge in [-0.25, -0.2) is 0 Å². The van der Waals surface area contributed by atoms with E-state index in [1.54, 1.807) is 7.11 Å². The lowest BCUT2D eigenvalue weighted by Crippen LogP contribution is -2.33. The van der Waals surface area contributed by atoms with Crippen LogP contribution in [0.4, 0.5) is 0 Å². The molecule has 3 nitrogen and oxygen atoms in total. The average Bonchev–Trinajstić information content (AvgIpc) is 2.30. The summed E-state index contributed by atoms with van der Waals surface area (Å²) < 4.78 is 5.39. The maximum Gasteiger partial charge on any atom is 0.306 e. The molecule has 13 heavy (non-hydrogen) atoms. The highest BCUT2D eigenvalue weighted by Crippen LogP contribution is 2.32. The topological polar surface area (TPSA) is 46.5 Å². The van der Waals surface area contributed by atoms with Crippen molar-refractivity contribution in [2.75, 3.05) is 7.11 Å². The van der Waals surface area contributed by atoms with Crippen LogP contribution in [-0.2, 0) is 9.53 Å². The molecule has 0 spiro atoms. The number of hydrogen-bond acceptors (Lipinski definition) is 2. The van der Waals surface area contributed by atoms with Crippen LogP contribution in [0.2, 0.25) is 0 Å². The molecule has 0 amide bonds. The third-order valence-electron chi connectivity index (χ3n) is 2.92. The highest BCUT2D eigenvalue weighted by Gasteiger charge is 2.32. The predicted octanol–water partition coefficient (Wildman–Crippen LogP) is 2.20. The van der Waals surface area contributed by atoms with Crippen molar-refractivity contribution >= 4 is 5.97 Å². The number of carbonyl (C=O) groups is 1. The van der Waals surface area contributed by atoms with Crippen molar-refractivity contribution in [2.45, 2.75) is 50.5 Å². The van der Waals surface area contributed by atoms with Gasteiger partial charge in [0.1, 0.15) is 0 Å². The minimum atomic E-state index is -0.747. The van der Waals surface area contributed by atoms with Crippen LogP contribution in [0.3, 0.4) is 0 Å². The first kappa shape index (κ1) is 10.5. The van der Waals surface area contributed by atoms with Crippen LogP contribution >= 0.6 is 0 Å². The average molecular weight is 186 g/mol. The van der Waals surface area contributed by atoms with E-state index in [0.29, 0.717) is 0 Å². The molecule has 1 saturated carbocycles. The third-order valence-corrected chi connectivity index (χ3v) is 2.92. The highest BCUT2D eigenvalue weighted by molar-refractivity contribution is 5.68. The number of carboxylic acids is 1. The zero-order chi connectivity index (χ0) is 9.73. The normalized spacial score (nSPS) is 22.2. The third kappa shape index (κ3) is 2.99. The molecule has 76 valence electrons. The zero-order valence-corrected chi connectivity index (χ0v) is 8.21. The van der Waals surface area contributed by atoms with Crippen LogP contribution in [0.15, 0.2) is 0 Å². The molecule has 0 aromatic carbocycles. The first-order valence-corrected chi connectivity index (χ1v) is 4.95. The maximum absolute atomic E-state index is 10.7. The second-order valence-corrected chi connectivity index (χ2v) is 3.87. The summed E-state index contributed by atoms with van der Waals surface area (Å²) in [6.45, 7) is 0. The number of ether oxygens (including phenoxy) is 1. The fourth-order valence-electron chi connectivity index (χ4n) is 2.10. The monoisotopic (exact) mass is 186 g/mol. The molecule has 0 saturated heterocycles. The van der Waals surface area contributed by atoms with Gasteiger partial charge in [-0.2, -0.15) is 0 Å².